The van der Waals surface area contributed by atoms with Crippen molar-refractivity contribution in [2.24, 2.45) is 10.8 Å². The van der Waals surface area contributed by atoms with E-state index in [4.69, 9.17) is 5.21 Å². The zero-order chi connectivity index (χ0) is 9.73. The number of carbonyl (C=O) groups excluding carboxylic acids is 2. The van der Waals surface area contributed by atoms with Crippen LogP contribution in [0.5, 0.6) is 0 Å². The molecule has 0 unspecified atom stereocenters. The molecule has 1 N–H and O–H groups in total. The van der Waals surface area contributed by atoms with E-state index in [-0.39, 0.29) is 5.06 Å². The number of hydroxylamine groups is 2. The summed E-state index contributed by atoms with van der Waals surface area (Å²) in [5.41, 5.74) is -1.64. The van der Waals surface area contributed by atoms with Gasteiger partial charge in [-0.15, -0.1) is 0 Å². The monoisotopic (exact) mass is 171 g/mol. The zero-order valence-electron chi connectivity index (χ0n) is 7.71. The van der Waals surface area contributed by atoms with E-state index >= 15 is 0 Å². The van der Waals surface area contributed by atoms with E-state index in [0.29, 0.717) is 0 Å². The van der Waals surface area contributed by atoms with E-state index in [1.54, 1.807) is 27.7 Å². The van der Waals surface area contributed by atoms with Gasteiger partial charge in [0, 0.05) is 0 Å². The first kappa shape index (κ1) is 9.19. The molecule has 1 rings (SSSR count). The Morgan fingerprint density at radius 2 is 1.25 bits per heavy atom. The van der Waals surface area contributed by atoms with Gasteiger partial charge in [0.2, 0.25) is 0 Å². The molecule has 12 heavy (non-hydrogen) atoms. The van der Waals surface area contributed by atoms with Crippen LogP contribution in [0.4, 0.5) is 0 Å². The van der Waals surface area contributed by atoms with E-state index in [1.165, 1.54) is 0 Å². The van der Waals surface area contributed by atoms with E-state index in [9.17, 15) is 9.59 Å². The predicted octanol–water partition coefficient (Wildman–Crippen LogP) is 0.797. The molecule has 0 aromatic heterocycles. The molecule has 1 fully saturated rings. The first-order chi connectivity index (χ1) is 5.23. The predicted molar refractivity (Wildman–Crippen MR) is 41.2 cm³/mol. The molecule has 1 saturated heterocycles. The van der Waals surface area contributed by atoms with Crippen molar-refractivity contribution >= 4 is 11.8 Å². The normalized spacial score (nSPS) is 26.6. The average molecular weight is 171 g/mol. The van der Waals surface area contributed by atoms with E-state index in [0.717, 1.165) is 0 Å². The van der Waals surface area contributed by atoms with Crippen molar-refractivity contribution in [1.29, 1.82) is 0 Å². The fraction of sp³-hybridized carbons (Fsp3) is 0.750. The van der Waals surface area contributed by atoms with Crippen LogP contribution in [0.1, 0.15) is 27.7 Å². The summed E-state index contributed by atoms with van der Waals surface area (Å²) >= 11 is 0. The Bertz CT molecular complexity index is 229. The first-order valence-corrected chi connectivity index (χ1v) is 3.81. The van der Waals surface area contributed by atoms with Crippen LogP contribution in [-0.2, 0) is 9.59 Å². The minimum absolute atomic E-state index is 0.222. The highest BCUT2D eigenvalue weighted by Crippen LogP contribution is 2.46. The second-order valence-electron chi connectivity index (χ2n) is 4.17. The summed E-state index contributed by atoms with van der Waals surface area (Å²) in [6.45, 7) is 6.62. The van der Waals surface area contributed by atoms with Gasteiger partial charge in [0.1, 0.15) is 0 Å². The molecule has 0 spiro atoms. The van der Waals surface area contributed by atoms with Crippen molar-refractivity contribution in [3.05, 3.63) is 0 Å². The number of hydrogen-bond donors (Lipinski definition) is 1. The van der Waals surface area contributed by atoms with E-state index in [2.05, 4.69) is 0 Å². The average Bonchev–Trinajstić information content (AvgIpc) is 2.05. The van der Waals surface area contributed by atoms with Crippen molar-refractivity contribution in [1.82, 2.24) is 5.06 Å². The van der Waals surface area contributed by atoms with Crippen LogP contribution in [0.2, 0.25) is 0 Å². The van der Waals surface area contributed by atoms with E-state index < -0.39 is 22.6 Å². The lowest BCUT2D eigenvalue weighted by Gasteiger charge is -2.27. The molecule has 0 aliphatic carbocycles. The lowest BCUT2D eigenvalue weighted by molar-refractivity contribution is -0.174. The molecule has 0 aromatic carbocycles. The molecule has 0 bridgehead atoms. The molecule has 0 aromatic rings. The molecule has 1 aliphatic rings. The molecule has 68 valence electrons. The van der Waals surface area contributed by atoms with Crippen LogP contribution in [0.3, 0.4) is 0 Å². The fourth-order valence-electron chi connectivity index (χ4n) is 1.16. The Labute approximate surface area is 71.1 Å². The standard InChI is InChI=1S/C8H13NO3/c1-7(2)5(10)9(12)6(11)8(7,3)4/h12H,1-4H3. The minimum Gasteiger partial charge on any atom is -0.278 e. The van der Waals surface area contributed by atoms with Gasteiger partial charge in [-0.25, -0.2) is 0 Å². The second-order valence-corrected chi connectivity index (χ2v) is 4.17. The van der Waals surface area contributed by atoms with Crippen molar-refractivity contribution in [2.45, 2.75) is 27.7 Å². The minimum atomic E-state index is -0.821. The molecular weight excluding hydrogens is 158 g/mol. The SMILES string of the molecule is CC1(C)C(=O)N(O)C(=O)C1(C)C. The Morgan fingerprint density at radius 1 is 1.00 bits per heavy atom. The highest BCUT2D eigenvalue weighted by Gasteiger charge is 2.59. The summed E-state index contributed by atoms with van der Waals surface area (Å²) in [6, 6.07) is 0. The van der Waals surface area contributed by atoms with Crippen LogP contribution in [-0.4, -0.2) is 22.1 Å². The van der Waals surface area contributed by atoms with Crippen molar-refractivity contribution < 1.29 is 14.8 Å². The lowest BCUT2D eigenvalue weighted by atomic mass is 9.70. The van der Waals surface area contributed by atoms with Gasteiger partial charge < -0.3 is 0 Å². The Morgan fingerprint density at radius 3 is 1.33 bits per heavy atom. The van der Waals surface area contributed by atoms with E-state index in [1.807, 2.05) is 0 Å². The molecule has 2 amide bonds. The molecule has 0 saturated carbocycles. The first-order valence-electron chi connectivity index (χ1n) is 3.81. The molecule has 4 nitrogen and oxygen atoms in total. The zero-order valence-corrected chi connectivity index (χ0v) is 7.71. The van der Waals surface area contributed by atoms with Gasteiger partial charge >= 0.3 is 0 Å². The largest absolute Gasteiger partial charge is 0.278 e. The van der Waals surface area contributed by atoms with Gasteiger partial charge in [-0.2, -0.15) is 5.06 Å². The van der Waals surface area contributed by atoms with Crippen molar-refractivity contribution in [3.8, 4) is 0 Å². The van der Waals surface area contributed by atoms with Gasteiger partial charge in [0.05, 0.1) is 10.8 Å². The molecule has 1 aliphatic heterocycles. The number of imide groups is 1. The number of amides is 2. The number of nitrogens with zero attached hydrogens (tertiary/aromatic N) is 1. The second kappa shape index (κ2) is 2.07. The highest BCUT2D eigenvalue weighted by molar-refractivity contribution is 6.07. The summed E-state index contributed by atoms with van der Waals surface area (Å²) in [4.78, 5) is 22.6. The third-order valence-corrected chi connectivity index (χ3v) is 3.02. The van der Waals surface area contributed by atoms with Crippen molar-refractivity contribution in [2.75, 3.05) is 0 Å². The molecule has 0 atom stereocenters. The van der Waals surface area contributed by atoms with Crippen molar-refractivity contribution in [3.63, 3.8) is 0 Å². The summed E-state index contributed by atoms with van der Waals surface area (Å²) in [6.07, 6.45) is 0. The maximum Gasteiger partial charge on any atom is 0.260 e. The van der Waals surface area contributed by atoms with Gasteiger partial charge in [-0.05, 0) is 27.7 Å². The maximum absolute atomic E-state index is 11.3. The third-order valence-electron chi connectivity index (χ3n) is 3.02. The van der Waals surface area contributed by atoms with Crippen LogP contribution in [0.15, 0.2) is 0 Å². The molecule has 1 heterocycles. The Balaban J connectivity index is 3.24. The van der Waals surface area contributed by atoms with Crippen LogP contribution in [0, 0.1) is 10.8 Å². The molecule has 4 heteroatoms. The fourth-order valence-corrected chi connectivity index (χ4v) is 1.16. The van der Waals surface area contributed by atoms with Gasteiger partial charge in [-0.3, -0.25) is 14.8 Å². The van der Waals surface area contributed by atoms with Crippen LogP contribution in [0.25, 0.3) is 0 Å². The van der Waals surface area contributed by atoms with Gasteiger partial charge in [0.25, 0.3) is 11.8 Å². The highest BCUT2D eigenvalue weighted by atomic mass is 16.5. The summed E-state index contributed by atoms with van der Waals surface area (Å²) in [5, 5.41) is 9.29. The Kier molecular flexibility index (Phi) is 1.59. The summed E-state index contributed by atoms with van der Waals surface area (Å²) < 4.78 is 0. The number of hydrogen-bond acceptors (Lipinski definition) is 3. The lowest BCUT2D eigenvalue weighted by Crippen LogP contribution is -2.35. The quantitative estimate of drug-likeness (QED) is 0.433. The van der Waals surface area contributed by atoms with Gasteiger partial charge in [0.15, 0.2) is 0 Å². The molecule has 0 radical (unpaired) electrons. The topological polar surface area (TPSA) is 57.6 Å². The number of rotatable bonds is 0. The summed E-state index contributed by atoms with van der Waals surface area (Å²) in [5.74, 6) is -1.06. The number of carbonyl (C=O) groups is 2. The Hall–Kier alpha value is -0.900. The smallest absolute Gasteiger partial charge is 0.260 e. The maximum atomic E-state index is 11.3. The third kappa shape index (κ3) is 0.756. The molecular formula is C8H13NO3. The van der Waals surface area contributed by atoms with Gasteiger partial charge in [-0.1, -0.05) is 0 Å². The van der Waals surface area contributed by atoms with Crippen LogP contribution >= 0.6 is 0 Å². The van der Waals surface area contributed by atoms with Crippen LogP contribution < -0.4 is 0 Å². The summed E-state index contributed by atoms with van der Waals surface area (Å²) in [7, 11) is 0.